The molecule has 1 aliphatic heterocycles. The quantitative estimate of drug-likeness (QED) is 0.378. The number of ether oxygens (including phenoxy) is 2. The van der Waals surface area contributed by atoms with Crippen molar-refractivity contribution in [3.8, 4) is 5.75 Å². The van der Waals surface area contributed by atoms with Crippen LogP contribution < -0.4 is 20.3 Å². The number of benzene rings is 2. The first-order valence-corrected chi connectivity index (χ1v) is 11.1. The second kappa shape index (κ2) is 9.74. The molecular weight excluding hydrogens is 418 g/mol. The summed E-state index contributed by atoms with van der Waals surface area (Å²) in [7, 11) is 1.67. The van der Waals surface area contributed by atoms with Gasteiger partial charge in [0, 0.05) is 31.0 Å². The molecule has 5 rings (SSSR count). The minimum Gasteiger partial charge on any atom is -0.497 e. The molecular formula is C24H27N7O2. The van der Waals surface area contributed by atoms with Gasteiger partial charge in [-0.2, -0.15) is 9.97 Å². The third kappa shape index (κ3) is 4.98. The number of aromatic nitrogens is 4. The van der Waals surface area contributed by atoms with E-state index < -0.39 is 0 Å². The molecule has 3 heterocycles. The maximum atomic E-state index is 5.44. The van der Waals surface area contributed by atoms with E-state index >= 15 is 0 Å². The van der Waals surface area contributed by atoms with Gasteiger partial charge in [-0.05, 0) is 48.4 Å². The van der Waals surface area contributed by atoms with Crippen molar-refractivity contribution in [1.29, 1.82) is 0 Å². The topological polar surface area (TPSA) is 100 Å². The van der Waals surface area contributed by atoms with Crippen molar-refractivity contribution in [2.75, 3.05) is 55.5 Å². The van der Waals surface area contributed by atoms with E-state index in [0.717, 1.165) is 62.0 Å². The van der Waals surface area contributed by atoms with E-state index in [-0.39, 0.29) is 0 Å². The maximum absolute atomic E-state index is 5.44. The van der Waals surface area contributed by atoms with Crippen LogP contribution in [0.3, 0.4) is 0 Å². The number of nitrogens with one attached hydrogen (secondary N) is 3. The summed E-state index contributed by atoms with van der Waals surface area (Å²) in [5.74, 6) is 2.08. The number of imidazole rings is 1. The van der Waals surface area contributed by atoms with E-state index in [0.29, 0.717) is 11.6 Å². The number of methoxy groups -OCH3 is 1. The minimum absolute atomic E-state index is 0.501. The first-order chi connectivity index (χ1) is 16.3. The van der Waals surface area contributed by atoms with Crippen molar-refractivity contribution >= 4 is 34.3 Å². The van der Waals surface area contributed by atoms with Gasteiger partial charge < -0.3 is 30.0 Å². The zero-order valence-corrected chi connectivity index (χ0v) is 18.5. The van der Waals surface area contributed by atoms with Gasteiger partial charge in [0.05, 0.1) is 26.7 Å². The molecule has 1 aliphatic rings. The van der Waals surface area contributed by atoms with Crippen LogP contribution in [-0.2, 0) is 11.2 Å². The fourth-order valence-corrected chi connectivity index (χ4v) is 3.84. The largest absolute Gasteiger partial charge is 0.497 e. The Bertz CT molecular complexity index is 1190. The van der Waals surface area contributed by atoms with Crippen LogP contribution in [0.4, 0.5) is 23.1 Å². The van der Waals surface area contributed by atoms with Crippen molar-refractivity contribution in [2.45, 2.75) is 6.42 Å². The van der Waals surface area contributed by atoms with Crippen molar-refractivity contribution in [3.05, 3.63) is 60.4 Å². The van der Waals surface area contributed by atoms with Gasteiger partial charge in [0.25, 0.3) is 0 Å². The molecule has 9 nitrogen and oxygen atoms in total. The molecule has 2 aromatic carbocycles. The molecule has 4 aromatic rings. The molecule has 0 saturated carbocycles. The van der Waals surface area contributed by atoms with E-state index in [1.807, 2.05) is 24.3 Å². The fraction of sp³-hybridized carbons (Fsp3) is 0.292. The Balaban J connectivity index is 1.27. The van der Waals surface area contributed by atoms with E-state index in [9.17, 15) is 0 Å². The Labute approximate surface area is 192 Å². The highest BCUT2D eigenvalue weighted by molar-refractivity contribution is 5.84. The maximum Gasteiger partial charge on any atom is 0.231 e. The van der Waals surface area contributed by atoms with E-state index in [2.05, 4.69) is 59.7 Å². The number of hydrogen-bond acceptors (Lipinski definition) is 8. The Morgan fingerprint density at radius 1 is 1.03 bits per heavy atom. The van der Waals surface area contributed by atoms with E-state index in [4.69, 9.17) is 9.47 Å². The summed E-state index contributed by atoms with van der Waals surface area (Å²) in [6.07, 6.45) is 2.49. The normalized spacial score (nSPS) is 13.8. The molecule has 0 aliphatic carbocycles. The van der Waals surface area contributed by atoms with Crippen molar-refractivity contribution in [1.82, 2.24) is 19.9 Å². The van der Waals surface area contributed by atoms with Gasteiger partial charge in [0.2, 0.25) is 5.95 Å². The molecule has 2 aromatic heterocycles. The molecule has 0 unspecified atom stereocenters. The lowest BCUT2D eigenvalue weighted by Crippen LogP contribution is -2.36. The smallest absolute Gasteiger partial charge is 0.231 e. The predicted molar refractivity (Wildman–Crippen MR) is 130 cm³/mol. The highest BCUT2D eigenvalue weighted by atomic mass is 16.5. The Kier molecular flexibility index (Phi) is 6.21. The van der Waals surface area contributed by atoms with Gasteiger partial charge in [0.15, 0.2) is 11.5 Å². The lowest BCUT2D eigenvalue weighted by Gasteiger charge is -2.28. The SMILES string of the molecule is COc1ccc(CCNc2nc(Nc3ccc(N4CCOCC4)cc3)nc3nc[nH]c23)cc1. The fourth-order valence-electron chi connectivity index (χ4n) is 3.84. The van der Waals surface area contributed by atoms with E-state index in [1.165, 1.54) is 11.3 Å². The zero-order chi connectivity index (χ0) is 22.5. The predicted octanol–water partition coefficient (Wildman–Crippen LogP) is 3.60. The first kappa shape index (κ1) is 21.0. The summed E-state index contributed by atoms with van der Waals surface area (Å²) in [6.45, 7) is 4.09. The van der Waals surface area contributed by atoms with Gasteiger partial charge >= 0.3 is 0 Å². The highest BCUT2D eigenvalue weighted by Crippen LogP contribution is 2.24. The van der Waals surface area contributed by atoms with Gasteiger partial charge in [0.1, 0.15) is 11.3 Å². The number of anilines is 4. The summed E-state index contributed by atoms with van der Waals surface area (Å²) in [6, 6.07) is 16.4. The molecule has 0 radical (unpaired) electrons. The molecule has 0 spiro atoms. The number of aromatic amines is 1. The van der Waals surface area contributed by atoms with Gasteiger partial charge in [-0.1, -0.05) is 12.1 Å². The van der Waals surface area contributed by atoms with Crippen LogP contribution in [0.1, 0.15) is 5.56 Å². The van der Waals surface area contributed by atoms with Gasteiger partial charge in [-0.25, -0.2) is 4.98 Å². The Hall–Kier alpha value is -3.85. The number of morpholine rings is 1. The number of rotatable bonds is 8. The molecule has 0 bridgehead atoms. The summed E-state index contributed by atoms with van der Waals surface area (Å²) >= 11 is 0. The lowest BCUT2D eigenvalue weighted by molar-refractivity contribution is 0.122. The van der Waals surface area contributed by atoms with Crippen LogP contribution in [0.2, 0.25) is 0 Å². The molecule has 33 heavy (non-hydrogen) atoms. The van der Waals surface area contributed by atoms with Crippen molar-refractivity contribution in [3.63, 3.8) is 0 Å². The Morgan fingerprint density at radius 3 is 2.58 bits per heavy atom. The third-order valence-corrected chi connectivity index (χ3v) is 5.65. The second-order valence-corrected chi connectivity index (χ2v) is 7.79. The summed E-state index contributed by atoms with van der Waals surface area (Å²) in [5.41, 5.74) is 4.73. The number of fused-ring (bicyclic) bond motifs is 1. The van der Waals surface area contributed by atoms with Gasteiger partial charge in [-0.15, -0.1) is 0 Å². The number of hydrogen-bond donors (Lipinski definition) is 3. The van der Waals surface area contributed by atoms with Crippen LogP contribution in [0.5, 0.6) is 5.75 Å². The highest BCUT2D eigenvalue weighted by Gasteiger charge is 2.12. The van der Waals surface area contributed by atoms with Crippen LogP contribution in [0.15, 0.2) is 54.9 Å². The molecule has 9 heteroatoms. The first-order valence-electron chi connectivity index (χ1n) is 11.1. The Morgan fingerprint density at radius 2 is 1.82 bits per heavy atom. The lowest BCUT2D eigenvalue weighted by atomic mass is 10.1. The molecule has 3 N–H and O–H groups in total. The third-order valence-electron chi connectivity index (χ3n) is 5.65. The second-order valence-electron chi connectivity index (χ2n) is 7.79. The molecule has 170 valence electrons. The average molecular weight is 446 g/mol. The molecule has 1 saturated heterocycles. The van der Waals surface area contributed by atoms with Crippen LogP contribution in [-0.4, -0.2) is 59.9 Å². The van der Waals surface area contributed by atoms with Crippen LogP contribution >= 0.6 is 0 Å². The summed E-state index contributed by atoms with van der Waals surface area (Å²) < 4.78 is 10.7. The minimum atomic E-state index is 0.501. The number of H-pyrrole nitrogens is 1. The van der Waals surface area contributed by atoms with Crippen LogP contribution in [0, 0.1) is 0 Å². The van der Waals surface area contributed by atoms with Gasteiger partial charge in [-0.3, -0.25) is 0 Å². The van der Waals surface area contributed by atoms with E-state index in [1.54, 1.807) is 13.4 Å². The summed E-state index contributed by atoms with van der Waals surface area (Å²) in [5, 5.41) is 6.72. The average Bonchev–Trinajstić information content (AvgIpc) is 3.34. The van der Waals surface area contributed by atoms with Crippen molar-refractivity contribution < 1.29 is 9.47 Å². The summed E-state index contributed by atoms with van der Waals surface area (Å²) in [4.78, 5) is 19.0. The number of nitrogens with zero attached hydrogens (tertiary/aromatic N) is 4. The molecule has 1 fully saturated rings. The standard InChI is InChI=1S/C24H27N7O2/c1-32-20-8-2-17(3-9-20)10-11-25-22-21-23(27-16-26-21)30-24(29-22)28-18-4-6-19(7-5-18)31-12-14-33-15-13-31/h2-9,16H,10-15H2,1H3,(H3,25,26,27,28,29,30). The molecule has 0 amide bonds. The zero-order valence-electron chi connectivity index (χ0n) is 18.5. The van der Waals surface area contributed by atoms with Crippen LogP contribution in [0.25, 0.3) is 11.2 Å². The van der Waals surface area contributed by atoms with Crippen molar-refractivity contribution in [2.24, 2.45) is 0 Å². The molecule has 0 atom stereocenters. The monoisotopic (exact) mass is 445 g/mol.